The molecule has 0 spiro atoms. The van der Waals surface area contributed by atoms with Gasteiger partial charge in [0.1, 0.15) is 0 Å². The molecule has 0 atom stereocenters. The number of halogens is 4. The first kappa shape index (κ1) is 20.0. The predicted octanol–water partition coefficient (Wildman–Crippen LogP) is 4.34. The lowest BCUT2D eigenvalue weighted by atomic mass is 10.1. The van der Waals surface area contributed by atoms with Crippen molar-refractivity contribution in [3.05, 3.63) is 52.4 Å². The minimum Gasteiger partial charge on any atom is -0.444 e. The Morgan fingerprint density at radius 1 is 1.08 bits per heavy atom. The maximum absolute atomic E-state index is 12.5. The van der Waals surface area contributed by atoms with Crippen molar-refractivity contribution in [3.8, 4) is 0 Å². The molecule has 0 N–H and O–H groups in total. The Kier molecular flexibility index (Phi) is 6.12. The van der Waals surface area contributed by atoms with E-state index in [2.05, 4.69) is 15.9 Å². The molecule has 140 valence electrons. The third kappa shape index (κ3) is 4.87. The SMILES string of the molecule is CN(CCC(F)(F)F)C(=O)c1ccccc1N(C)C(=O)c1ccc(Br)o1. The lowest BCUT2D eigenvalue weighted by Crippen LogP contribution is -2.33. The summed E-state index contributed by atoms with van der Waals surface area (Å²) in [5.41, 5.74) is 0.396. The molecule has 0 aliphatic carbocycles. The van der Waals surface area contributed by atoms with Gasteiger partial charge in [-0.1, -0.05) is 12.1 Å². The summed E-state index contributed by atoms with van der Waals surface area (Å²) in [6.07, 6.45) is -5.46. The average molecular weight is 433 g/mol. The Bertz CT molecular complexity index is 805. The molecule has 0 unspecified atom stereocenters. The molecule has 0 radical (unpaired) electrons. The molecule has 1 aromatic carbocycles. The van der Waals surface area contributed by atoms with Gasteiger partial charge in [-0.3, -0.25) is 9.59 Å². The monoisotopic (exact) mass is 432 g/mol. The van der Waals surface area contributed by atoms with E-state index in [-0.39, 0.29) is 17.0 Å². The zero-order chi connectivity index (χ0) is 19.5. The molecule has 0 aliphatic rings. The Hall–Kier alpha value is -2.29. The highest BCUT2D eigenvalue weighted by Crippen LogP contribution is 2.25. The van der Waals surface area contributed by atoms with Crippen molar-refractivity contribution in [2.45, 2.75) is 12.6 Å². The van der Waals surface area contributed by atoms with Gasteiger partial charge in [-0.2, -0.15) is 13.2 Å². The van der Waals surface area contributed by atoms with E-state index < -0.39 is 31.0 Å². The van der Waals surface area contributed by atoms with Crippen LogP contribution in [0.3, 0.4) is 0 Å². The summed E-state index contributed by atoms with van der Waals surface area (Å²) in [6, 6.07) is 9.25. The first-order valence-corrected chi connectivity index (χ1v) is 8.34. The van der Waals surface area contributed by atoms with Gasteiger partial charge in [-0.05, 0) is 40.2 Å². The highest BCUT2D eigenvalue weighted by atomic mass is 79.9. The first-order valence-electron chi connectivity index (χ1n) is 7.55. The van der Waals surface area contributed by atoms with Crippen molar-refractivity contribution in [2.24, 2.45) is 0 Å². The number of nitrogens with zero attached hydrogens (tertiary/aromatic N) is 2. The Labute approximate surface area is 156 Å². The van der Waals surface area contributed by atoms with Crippen molar-refractivity contribution in [1.82, 2.24) is 4.90 Å². The van der Waals surface area contributed by atoms with Gasteiger partial charge in [0, 0.05) is 20.6 Å². The molecule has 2 amide bonds. The van der Waals surface area contributed by atoms with Gasteiger partial charge in [0.2, 0.25) is 0 Å². The van der Waals surface area contributed by atoms with E-state index >= 15 is 0 Å². The number of anilines is 1. The van der Waals surface area contributed by atoms with Crippen LogP contribution in [0.4, 0.5) is 18.9 Å². The van der Waals surface area contributed by atoms with E-state index in [1.165, 1.54) is 31.1 Å². The van der Waals surface area contributed by atoms with Gasteiger partial charge in [-0.25, -0.2) is 0 Å². The van der Waals surface area contributed by atoms with Crippen LogP contribution in [0.1, 0.15) is 27.3 Å². The van der Waals surface area contributed by atoms with Crippen molar-refractivity contribution < 1.29 is 27.2 Å². The number of para-hydroxylation sites is 1. The Morgan fingerprint density at radius 3 is 2.31 bits per heavy atom. The molecule has 0 aliphatic heterocycles. The largest absolute Gasteiger partial charge is 0.444 e. The number of carbonyl (C=O) groups excluding carboxylic acids is 2. The van der Waals surface area contributed by atoms with Gasteiger partial charge in [0.15, 0.2) is 10.4 Å². The molecule has 0 saturated heterocycles. The molecule has 2 aromatic rings. The van der Waals surface area contributed by atoms with Gasteiger partial charge in [-0.15, -0.1) is 0 Å². The quantitative estimate of drug-likeness (QED) is 0.705. The second-order valence-corrected chi connectivity index (χ2v) is 6.36. The summed E-state index contributed by atoms with van der Waals surface area (Å²) in [4.78, 5) is 27.2. The fourth-order valence-corrected chi connectivity index (χ4v) is 2.56. The Morgan fingerprint density at radius 2 is 1.73 bits per heavy atom. The van der Waals surface area contributed by atoms with Crippen LogP contribution in [-0.4, -0.2) is 43.5 Å². The van der Waals surface area contributed by atoms with Crippen LogP contribution in [-0.2, 0) is 0 Å². The molecule has 0 bridgehead atoms. The van der Waals surface area contributed by atoms with Gasteiger partial charge < -0.3 is 14.2 Å². The van der Waals surface area contributed by atoms with Gasteiger partial charge in [0.25, 0.3) is 11.8 Å². The smallest absolute Gasteiger partial charge is 0.390 e. The van der Waals surface area contributed by atoms with Crippen LogP contribution in [0, 0.1) is 0 Å². The fourth-order valence-electron chi connectivity index (χ4n) is 2.25. The van der Waals surface area contributed by atoms with Crippen LogP contribution in [0.2, 0.25) is 0 Å². The zero-order valence-electron chi connectivity index (χ0n) is 14.0. The average Bonchev–Trinajstić information content (AvgIpc) is 3.03. The summed E-state index contributed by atoms with van der Waals surface area (Å²) in [5, 5.41) is 0. The number of hydrogen-bond donors (Lipinski definition) is 0. The molecular formula is C17H16BrF3N2O3. The molecular weight excluding hydrogens is 417 g/mol. The lowest BCUT2D eigenvalue weighted by Gasteiger charge is -2.23. The normalized spacial score (nSPS) is 11.3. The molecule has 2 rings (SSSR count). The molecule has 1 heterocycles. The summed E-state index contributed by atoms with van der Waals surface area (Å²) in [6.45, 7) is -0.473. The van der Waals surface area contributed by atoms with Gasteiger partial charge >= 0.3 is 6.18 Å². The number of benzene rings is 1. The van der Waals surface area contributed by atoms with E-state index in [1.807, 2.05) is 0 Å². The molecule has 0 saturated carbocycles. The standard InChI is InChI=1S/C17H16BrF3N2O3/c1-22(10-9-17(19,20)21)15(24)11-5-3-4-6-12(11)23(2)16(25)13-7-8-14(18)26-13/h3-8H,9-10H2,1-2H3. The summed E-state index contributed by atoms with van der Waals surface area (Å²) in [7, 11) is 2.75. The van der Waals surface area contributed by atoms with Gasteiger partial charge in [0.05, 0.1) is 17.7 Å². The van der Waals surface area contributed by atoms with Crippen molar-refractivity contribution in [2.75, 3.05) is 25.5 Å². The second-order valence-electron chi connectivity index (χ2n) is 5.58. The number of rotatable bonds is 5. The van der Waals surface area contributed by atoms with E-state index in [9.17, 15) is 22.8 Å². The van der Waals surface area contributed by atoms with Crippen molar-refractivity contribution in [1.29, 1.82) is 0 Å². The van der Waals surface area contributed by atoms with E-state index in [0.717, 1.165) is 4.90 Å². The third-order valence-corrected chi connectivity index (χ3v) is 4.09. The summed E-state index contributed by atoms with van der Waals surface area (Å²) < 4.78 is 42.7. The molecule has 1 aromatic heterocycles. The number of amides is 2. The summed E-state index contributed by atoms with van der Waals surface area (Å²) in [5.74, 6) is -1.04. The second kappa shape index (κ2) is 7.94. The lowest BCUT2D eigenvalue weighted by molar-refractivity contribution is -0.136. The molecule has 9 heteroatoms. The maximum atomic E-state index is 12.5. The minimum atomic E-state index is -4.35. The summed E-state index contributed by atoms with van der Waals surface area (Å²) >= 11 is 3.11. The number of furan rings is 1. The molecule has 26 heavy (non-hydrogen) atoms. The minimum absolute atomic E-state index is 0.0621. The topological polar surface area (TPSA) is 53.8 Å². The molecule has 5 nitrogen and oxygen atoms in total. The van der Waals surface area contributed by atoms with E-state index in [0.29, 0.717) is 4.67 Å². The molecule has 0 fully saturated rings. The van der Waals surface area contributed by atoms with Crippen LogP contribution >= 0.6 is 15.9 Å². The fraction of sp³-hybridized carbons (Fsp3) is 0.294. The highest BCUT2D eigenvalue weighted by molar-refractivity contribution is 9.10. The first-order chi connectivity index (χ1) is 12.1. The van der Waals surface area contributed by atoms with Crippen LogP contribution in [0.15, 0.2) is 45.5 Å². The van der Waals surface area contributed by atoms with E-state index in [1.54, 1.807) is 24.3 Å². The van der Waals surface area contributed by atoms with Crippen molar-refractivity contribution >= 4 is 33.4 Å². The predicted molar refractivity (Wildman–Crippen MR) is 93.2 cm³/mol. The number of hydrogen-bond acceptors (Lipinski definition) is 3. The third-order valence-electron chi connectivity index (χ3n) is 3.66. The van der Waals surface area contributed by atoms with E-state index in [4.69, 9.17) is 4.42 Å². The highest BCUT2D eigenvalue weighted by Gasteiger charge is 2.29. The number of alkyl halides is 3. The van der Waals surface area contributed by atoms with Crippen molar-refractivity contribution in [3.63, 3.8) is 0 Å². The number of carbonyl (C=O) groups is 2. The zero-order valence-corrected chi connectivity index (χ0v) is 15.6. The maximum Gasteiger partial charge on any atom is 0.390 e. The van der Waals surface area contributed by atoms with Crippen LogP contribution < -0.4 is 4.90 Å². The van der Waals surface area contributed by atoms with Crippen LogP contribution in [0.5, 0.6) is 0 Å². The van der Waals surface area contributed by atoms with Crippen LogP contribution in [0.25, 0.3) is 0 Å². The Balaban J connectivity index is 2.23.